The van der Waals surface area contributed by atoms with Crippen LogP contribution in [0.3, 0.4) is 0 Å². The SMILES string of the molecule is Cn1c(=O)/c(=C\c2ccc(-c3ccc(Cl)c(Cl)c3)o2)c(=C2CCC2)n(C)c1=O. The van der Waals surface area contributed by atoms with Crippen molar-refractivity contribution in [2.45, 2.75) is 19.3 Å². The summed E-state index contributed by atoms with van der Waals surface area (Å²) in [6.45, 7) is 0. The van der Waals surface area contributed by atoms with Crippen LogP contribution >= 0.6 is 23.2 Å². The second-order valence-electron chi connectivity index (χ2n) is 6.90. The Hall–Kier alpha value is -2.50. The zero-order chi connectivity index (χ0) is 20.0. The summed E-state index contributed by atoms with van der Waals surface area (Å²) in [5.41, 5.74) is 1.26. The Balaban J connectivity index is 1.92. The van der Waals surface area contributed by atoms with Crippen molar-refractivity contribution in [3.63, 3.8) is 0 Å². The number of hydrogen-bond donors (Lipinski definition) is 0. The van der Waals surface area contributed by atoms with E-state index in [1.807, 2.05) is 12.1 Å². The van der Waals surface area contributed by atoms with Crippen molar-refractivity contribution < 1.29 is 4.42 Å². The van der Waals surface area contributed by atoms with Crippen LogP contribution in [-0.2, 0) is 14.1 Å². The highest BCUT2D eigenvalue weighted by atomic mass is 35.5. The van der Waals surface area contributed by atoms with Crippen LogP contribution in [-0.4, -0.2) is 9.13 Å². The largest absolute Gasteiger partial charge is 0.457 e. The summed E-state index contributed by atoms with van der Waals surface area (Å²) in [6, 6.07) is 8.86. The maximum Gasteiger partial charge on any atom is 0.330 e. The van der Waals surface area contributed by atoms with E-state index < -0.39 is 0 Å². The van der Waals surface area contributed by atoms with Crippen molar-refractivity contribution in [1.82, 2.24) is 9.13 Å². The van der Waals surface area contributed by atoms with Gasteiger partial charge in [-0.1, -0.05) is 23.2 Å². The van der Waals surface area contributed by atoms with Gasteiger partial charge < -0.3 is 4.42 Å². The van der Waals surface area contributed by atoms with E-state index in [0.717, 1.165) is 35.0 Å². The first-order valence-corrected chi connectivity index (χ1v) is 9.67. The van der Waals surface area contributed by atoms with Crippen LogP contribution in [0.4, 0.5) is 0 Å². The van der Waals surface area contributed by atoms with Gasteiger partial charge in [-0.15, -0.1) is 0 Å². The third kappa shape index (κ3) is 3.15. The van der Waals surface area contributed by atoms with E-state index in [0.29, 0.717) is 32.1 Å². The molecule has 1 aliphatic rings. The van der Waals surface area contributed by atoms with Gasteiger partial charge in [0.1, 0.15) is 11.5 Å². The average Bonchev–Trinajstić information content (AvgIpc) is 3.10. The van der Waals surface area contributed by atoms with Gasteiger partial charge in [0.15, 0.2) is 0 Å². The topological polar surface area (TPSA) is 57.1 Å². The van der Waals surface area contributed by atoms with Crippen molar-refractivity contribution in [3.8, 4) is 11.3 Å². The maximum atomic E-state index is 12.8. The van der Waals surface area contributed by atoms with E-state index in [9.17, 15) is 9.59 Å². The zero-order valence-electron chi connectivity index (χ0n) is 15.5. The second kappa shape index (κ2) is 7.15. The van der Waals surface area contributed by atoms with Crippen LogP contribution in [0.25, 0.3) is 23.0 Å². The predicted molar refractivity (Wildman–Crippen MR) is 111 cm³/mol. The number of benzene rings is 1. The molecular weight excluding hydrogens is 399 g/mol. The van der Waals surface area contributed by atoms with Gasteiger partial charge in [-0.25, -0.2) is 4.79 Å². The molecule has 0 amide bonds. The molecule has 1 aromatic carbocycles. The van der Waals surface area contributed by atoms with Gasteiger partial charge in [-0.3, -0.25) is 13.9 Å². The molecule has 0 radical (unpaired) electrons. The van der Waals surface area contributed by atoms with Crippen LogP contribution in [0.2, 0.25) is 10.0 Å². The van der Waals surface area contributed by atoms with E-state index in [2.05, 4.69) is 0 Å². The second-order valence-corrected chi connectivity index (χ2v) is 7.71. The fraction of sp³-hybridized carbons (Fsp3) is 0.238. The maximum absolute atomic E-state index is 12.8. The minimum absolute atomic E-state index is 0.326. The van der Waals surface area contributed by atoms with E-state index in [1.165, 1.54) is 7.05 Å². The van der Waals surface area contributed by atoms with E-state index in [4.69, 9.17) is 27.6 Å². The molecule has 0 saturated heterocycles. The van der Waals surface area contributed by atoms with Gasteiger partial charge in [-0.2, -0.15) is 0 Å². The normalized spacial score (nSPS) is 14.4. The lowest BCUT2D eigenvalue weighted by Gasteiger charge is -2.18. The quantitative estimate of drug-likeness (QED) is 0.645. The monoisotopic (exact) mass is 416 g/mol. The molecule has 28 heavy (non-hydrogen) atoms. The third-order valence-corrected chi connectivity index (χ3v) is 5.85. The van der Waals surface area contributed by atoms with E-state index >= 15 is 0 Å². The average molecular weight is 417 g/mol. The Bertz CT molecular complexity index is 1320. The molecule has 2 heterocycles. The molecule has 7 heteroatoms. The fourth-order valence-electron chi connectivity index (χ4n) is 3.40. The number of furan rings is 1. The number of aromatic nitrogens is 2. The van der Waals surface area contributed by atoms with Crippen molar-refractivity contribution in [1.29, 1.82) is 0 Å². The molecule has 2 aromatic heterocycles. The first kappa shape index (κ1) is 18.8. The molecular formula is C21H18Cl2N2O3. The van der Waals surface area contributed by atoms with Crippen molar-refractivity contribution in [2.75, 3.05) is 0 Å². The number of rotatable bonds is 2. The van der Waals surface area contributed by atoms with Crippen LogP contribution in [0.5, 0.6) is 0 Å². The van der Waals surface area contributed by atoms with Crippen LogP contribution < -0.4 is 21.8 Å². The third-order valence-electron chi connectivity index (χ3n) is 5.11. The highest BCUT2D eigenvalue weighted by Gasteiger charge is 2.15. The predicted octanol–water partition coefficient (Wildman–Crippen LogP) is 2.81. The van der Waals surface area contributed by atoms with Gasteiger partial charge in [-0.05, 0) is 61.2 Å². The summed E-state index contributed by atoms with van der Waals surface area (Å²) in [7, 11) is 3.18. The van der Waals surface area contributed by atoms with Gasteiger partial charge in [0, 0.05) is 19.7 Å². The molecule has 3 aromatic rings. The van der Waals surface area contributed by atoms with Crippen LogP contribution in [0.1, 0.15) is 25.0 Å². The summed E-state index contributed by atoms with van der Waals surface area (Å²) in [5, 5.41) is 2.08. The summed E-state index contributed by atoms with van der Waals surface area (Å²) >= 11 is 12.1. The summed E-state index contributed by atoms with van der Waals surface area (Å²) in [6.07, 6.45) is 4.56. The highest BCUT2D eigenvalue weighted by molar-refractivity contribution is 6.42. The Kier molecular flexibility index (Phi) is 4.81. The molecule has 5 nitrogen and oxygen atoms in total. The van der Waals surface area contributed by atoms with E-state index in [-0.39, 0.29) is 11.2 Å². The van der Waals surface area contributed by atoms with Gasteiger partial charge in [0.25, 0.3) is 5.56 Å². The summed E-state index contributed by atoms with van der Waals surface area (Å²) in [5.74, 6) is 1.14. The van der Waals surface area contributed by atoms with Crippen molar-refractivity contribution >= 4 is 34.9 Å². The van der Waals surface area contributed by atoms with Crippen LogP contribution in [0, 0.1) is 0 Å². The lowest BCUT2D eigenvalue weighted by Crippen LogP contribution is -2.58. The first-order chi connectivity index (χ1) is 13.4. The highest BCUT2D eigenvalue weighted by Crippen LogP contribution is 2.29. The zero-order valence-corrected chi connectivity index (χ0v) is 17.0. The van der Waals surface area contributed by atoms with Crippen molar-refractivity contribution in [2.24, 2.45) is 14.1 Å². The molecule has 0 aliphatic heterocycles. The number of halogens is 2. The van der Waals surface area contributed by atoms with Crippen molar-refractivity contribution in [3.05, 3.63) is 77.5 Å². The van der Waals surface area contributed by atoms with Gasteiger partial charge >= 0.3 is 5.69 Å². The Morgan fingerprint density at radius 3 is 2.39 bits per heavy atom. The molecule has 0 unspecified atom stereocenters. The lowest BCUT2D eigenvalue weighted by molar-refractivity contribution is 0.570. The van der Waals surface area contributed by atoms with Gasteiger partial charge in [0.05, 0.1) is 20.6 Å². The first-order valence-electron chi connectivity index (χ1n) is 8.92. The van der Waals surface area contributed by atoms with E-state index in [1.54, 1.807) is 35.9 Å². The Labute approximate surface area is 170 Å². The molecule has 0 spiro atoms. The Morgan fingerprint density at radius 2 is 1.75 bits per heavy atom. The standard InChI is InChI=1S/C21H18Cl2N2O3/c1-24-19(12-4-3-5-12)15(20(26)25(2)21(24)27)11-14-7-9-18(28-14)13-6-8-16(22)17(23)10-13/h6-11H,3-5H2,1-2H3/b15-11-. The number of nitrogens with zero attached hydrogens (tertiary/aromatic N) is 2. The molecule has 4 rings (SSSR count). The molecule has 1 aliphatic carbocycles. The summed E-state index contributed by atoms with van der Waals surface area (Å²) in [4.78, 5) is 25.2. The number of hydrogen-bond acceptors (Lipinski definition) is 3. The molecule has 0 N–H and O–H groups in total. The molecule has 1 saturated carbocycles. The van der Waals surface area contributed by atoms with Gasteiger partial charge in [0.2, 0.25) is 0 Å². The fourth-order valence-corrected chi connectivity index (χ4v) is 3.69. The molecule has 144 valence electrons. The minimum atomic E-state index is -0.329. The Morgan fingerprint density at radius 1 is 1.00 bits per heavy atom. The lowest BCUT2D eigenvalue weighted by atomic mass is 9.91. The molecule has 1 fully saturated rings. The molecule has 0 bridgehead atoms. The smallest absolute Gasteiger partial charge is 0.330 e. The van der Waals surface area contributed by atoms with Crippen LogP contribution in [0.15, 0.2) is 44.3 Å². The molecule has 0 atom stereocenters. The summed E-state index contributed by atoms with van der Waals surface area (Å²) < 4.78 is 8.59. The minimum Gasteiger partial charge on any atom is -0.457 e.